The number of carbonyl (C=O) groups is 1. The van der Waals surface area contributed by atoms with Gasteiger partial charge in [-0.2, -0.15) is 0 Å². The van der Waals surface area contributed by atoms with Gasteiger partial charge >= 0.3 is 0 Å². The molecule has 1 saturated carbocycles. The lowest BCUT2D eigenvalue weighted by molar-refractivity contribution is 0.102. The van der Waals surface area contributed by atoms with E-state index in [0.717, 1.165) is 24.0 Å². The molecular formula is C18H21N3O. The van der Waals surface area contributed by atoms with Crippen molar-refractivity contribution in [3.63, 3.8) is 0 Å². The Bertz CT molecular complexity index is 630. The average Bonchev–Trinajstić information content (AvgIpc) is 3.34. The zero-order valence-corrected chi connectivity index (χ0v) is 12.8. The molecule has 1 aromatic heterocycles. The molecule has 0 spiro atoms. The number of aromatic nitrogens is 1. The summed E-state index contributed by atoms with van der Waals surface area (Å²) >= 11 is 0. The summed E-state index contributed by atoms with van der Waals surface area (Å²) in [5.74, 6) is 1.60. The first-order valence-corrected chi connectivity index (χ1v) is 7.78. The second-order valence-corrected chi connectivity index (χ2v) is 5.91. The molecule has 2 N–H and O–H groups in total. The fourth-order valence-electron chi connectivity index (χ4n) is 2.28. The maximum absolute atomic E-state index is 12.2. The number of nitrogens with one attached hydrogen (secondary N) is 2. The predicted molar refractivity (Wildman–Crippen MR) is 89.2 cm³/mol. The first-order chi connectivity index (χ1) is 10.7. The first-order valence-electron chi connectivity index (χ1n) is 7.78. The minimum absolute atomic E-state index is 0.138. The van der Waals surface area contributed by atoms with Crippen LogP contribution in [0.4, 0.5) is 11.5 Å². The Kier molecular flexibility index (Phi) is 4.37. The van der Waals surface area contributed by atoms with Crippen LogP contribution in [-0.4, -0.2) is 17.4 Å². The molecule has 0 radical (unpaired) electrons. The van der Waals surface area contributed by atoms with E-state index in [4.69, 9.17) is 0 Å². The number of hydrogen-bond donors (Lipinski definition) is 2. The Balaban J connectivity index is 1.54. The third-order valence-electron chi connectivity index (χ3n) is 3.89. The Morgan fingerprint density at radius 1 is 1.18 bits per heavy atom. The van der Waals surface area contributed by atoms with Gasteiger partial charge in [0.2, 0.25) is 0 Å². The predicted octanol–water partition coefficient (Wildman–Crippen LogP) is 3.85. The summed E-state index contributed by atoms with van der Waals surface area (Å²) < 4.78 is 0. The van der Waals surface area contributed by atoms with Gasteiger partial charge in [0.15, 0.2) is 0 Å². The van der Waals surface area contributed by atoms with Gasteiger partial charge in [0.1, 0.15) is 5.82 Å². The lowest BCUT2D eigenvalue weighted by atomic mass is 10.2. The van der Waals surface area contributed by atoms with Crippen LogP contribution >= 0.6 is 0 Å². The van der Waals surface area contributed by atoms with Crippen molar-refractivity contribution in [3.05, 3.63) is 53.7 Å². The van der Waals surface area contributed by atoms with Crippen LogP contribution in [0.15, 0.2) is 42.6 Å². The van der Waals surface area contributed by atoms with E-state index < -0.39 is 0 Å². The Labute approximate surface area is 131 Å². The van der Waals surface area contributed by atoms with E-state index in [-0.39, 0.29) is 5.91 Å². The second kappa shape index (κ2) is 6.60. The highest BCUT2D eigenvalue weighted by Crippen LogP contribution is 2.32. The van der Waals surface area contributed by atoms with E-state index in [1.807, 2.05) is 37.3 Å². The van der Waals surface area contributed by atoms with Crippen LogP contribution in [0.5, 0.6) is 0 Å². The van der Waals surface area contributed by atoms with Crippen LogP contribution in [-0.2, 0) is 0 Å². The third kappa shape index (κ3) is 4.07. The molecule has 1 aliphatic carbocycles. The minimum atomic E-state index is -0.138. The molecule has 0 aliphatic heterocycles. The van der Waals surface area contributed by atoms with Crippen LogP contribution in [0.3, 0.4) is 0 Å². The zero-order chi connectivity index (χ0) is 15.4. The summed E-state index contributed by atoms with van der Waals surface area (Å²) in [5.41, 5.74) is 2.52. The van der Waals surface area contributed by atoms with Gasteiger partial charge in [-0.1, -0.05) is 30.5 Å². The second-order valence-electron chi connectivity index (χ2n) is 5.91. The Hall–Kier alpha value is -2.36. The molecule has 1 aliphatic rings. The summed E-state index contributed by atoms with van der Waals surface area (Å²) in [6, 6.07) is 11.4. The number of pyridine rings is 1. The highest BCUT2D eigenvalue weighted by molar-refractivity contribution is 6.04. The number of nitrogens with zero attached hydrogens (tertiary/aromatic N) is 1. The molecule has 114 valence electrons. The summed E-state index contributed by atoms with van der Waals surface area (Å²) in [4.78, 5) is 16.5. The highest BCUT2D eigenvalue weighted by Gasteiger charge is 2.20. The lowest BCUT2D eigenvalue weighted by Gasteiger charge is -2.07. The summed E-state index contributed by atoms with van der Waals surface area (Å²) in [5, 5.41) is 6.17. The van der Waals surface area contributed by atoms with Gasteiger partial charge in [0.25, 0.3) is 5.91 Å². The monoisotopic (exact) mass is 295 g/mol. The molecule has 22 heavy (non-hydrogen) atoms. The largest absolute Gasteiger partial charge is 0.370 e. The molecule has 0 saturated heterocycles. The van der Waals surface area contributed by atoms with Crippen molar-refractivity contribution in [1.82, 2.24) is 4.98 Å². The molecule has 1 heterocycles. The van der Waals surface area contributed by atoms with Gasteiger partial charge in [-0.25, -0.2) is 4.98 Å². The molecule has 1 fully saturated rings. The molecule has 4 nitrogen and oxygen atoms in total. The number of rotatable bonds is 6. The summed E-state index contributed by atoms with van der Waals surface area (Å²) in [7, 11) is 0. The third-order valence-corrected chi connectivity index (χ3v) is 3.89. The van der Waals surface area contributed by atoms with Crippen LogP contribution < -0.4 is 10.6 Å². The van der Waals surface area contributed by atoms with E-state index in [1.54, 1.807) is 12.3 Å². The first kappa shape index (κ1) is 14.6. The van der Waals surface area contributed by atoms with Gasteiger partial charge in [0, 0.05) is 18.4 Å². The van der Waals surface area contributed by atoms with E-state index in [9.17, 15) is 4.79 Å². The van der Waals surface area contributed by atoms with Gasteiger partial charge in [-0.3, -0.25) is 4.79 Å². The normalized spacial score (nSPS) is 13.7. The Morgan fingerprint density at radius 2 is 1.95 bits per heavy atom. The summed E-state index contributed by atoms with van der Waals surface area (Å²) in [6.45, 7) is 2.97. The van der Waals surface area contributed by atoms with Crippen LogP contribution in [0.2, 0.25) is 0 Å². The van der Waals surface area contributed by atoms with Crippen LogP contribution in [0, 0.1) is 12.8 Å². The van der Waals surface area contributed by atoms with Crippen molar-refractivity contribution in [2.75, 3.05) is 17.2 Å². The molecule has 2 aromatic rings. The molecule has 0 unspecified atom stereocenters. The molecule has 0 atom stereocenters. The maximum atomic E-state index is 12.2. The van der Waals surface area contributed by atoms with Crippen LogP contribution in [0.1, 0.15) is 35.2 Å². The fourth-order valence-corrected chi connectivity index (χ4v) is 2.28. The minimum Gasteiger partial charge on any atom is -0.370 e. The quantitative estimate of drug-likeness (QED) is 0.851. The highest BCUT2D eigenvalue weighted by atomic mass is 16.1. The molecule has 1 amide bonds. The average molecular weight is 295 g/mol. The fraction of sp³-hybridized carbons (Fsp3) is 0.333. The van der Waals surface area contributed by atoms with E-state index in [1.165, 1.54) is 24.8 Å². The van der Waals surface area contributed by atoms with Crippen molar-refractivity contribution < 1.29 is 4.79 Å². The number of anilines is 2. The Morgan fingerprint density at radius 3 is 2.59 bits per heavy atom. The number of hydrogen-bond acceptors (Lipinski definition) is 3. The zero-order valence-electron chi connectivity index (χ0n) is 12.8. The van der Waals surface area contributed by atoms with E-state index >= 15 is 0 Å². The molecule has 3 rings (SSSR count). The van der Waals surface area contributed by atoms with Crippen molar-refractivity contribution in [2.45, 2.75) is 26.2 Å². The number of benzene rings is 1. The SMILES string of the molecule is Cc1ccc(NC(=O)c2ccc(NCCC3CC3)nc2)cc1. The van der Waals surface area contributed by atoms with Gasteiger partial charge in [-0.05, 0) is 43.5 Å². The molecule has 1 aromatic carbocycles. The number of amides is 1. The topological polar surface area (TPSA) is 54.0 Å². The maximum Gasteiger partial charge on any atom is 0.257 e. The van der Waals surface area contributed by atoms with Crippen LogP contribution in [0.25, 0.3) is 0 Å². The van der Waals surface area contributed by atoms with E-state index in [2.05, 4.69) is 15.6 Å². The van der Waals surface area contributed by atoms with Crippen molar-refractivity contribution in [2.24, 2.45) is 5.92 Å². The smallest absolute Gasteiger partial charge is 0.257 e. The standard InChI is InChI=1S/C18H21N3O/c1-13-2-7-16(8-3-13)21-18(22)15-6-9-17(20-12-15)19-11-10-14-4-5-14/h2-3,6-9,12,14H,4-5,10-11H2,1H3,(H,19,20)(H,21,22). The summed E-state index contributed by atoms with van der Waals surface area (Å²) in [6.07, 6.45) is 5.56. The van der Waals surface area contributed by atoms with Crippen molar-refractivity contribution in [1.29, 1.82) is 0 Å². The molecular weight excluding hydrogens is 274 g/mol. The number of carbonyl (C=O) groups excluding carboxylic acids is 1. The molecule has 4 heteroatoms. The van der Waals surface area contributed by atoms with E-state index in [0.29, 0.717) is 5.56 Å². The van der Waals surface area contributed by atoms with Crippen molar-refractivity contribution >= 4 is 17.4 Å². The lowest BCUT2D eigenvalue weighted by Crippen LogP contribution is -2.12. The van der Waals surface area contributed by atoms with Gasteiger partial charge in [0.05, 0.1) is 5.56 Å². The van der Waals surface area contributed by atoms with Gasteiger partial charge in [-0.15, -0.1) is 0 Å². The van der Waals surface area contributed by atoms with Gasteiger partial charge < -0.3 is 10.6 Å². The van der Waals surface area contributed by atoms with Crippen molar-refractivity contribution in [3.8, 4) is 0 Å². The molecule has 0 bridgehead atoms. The number of aryl methyl sites for hydroxylation is 1.